The molecule has 1 heterocycles. The highest BCUT2D eigenvalue weighted by molar-refractivity contribution is 7.07. The summed E-state index contributed by atoms with van der Waals surface area (Å²) in [5, 5.41) is 5.08. The summed E-state index contributed by atoms with van der Waals surface area (Å²) >= 11 is 1.59. The van der Waals surface area contributed by atoms with E-state index in [2.05, 4.69) is 24.1 Å². The van der Waals surface area contributed by atoms with Gasteiger partial charge in [0.25, 0.3) is 0 Å². The lowest BCUT2D eigenvalue weighted by atomic mass is 9.85. The minimum absolute atomic E-state index is 0.0772. The van der Waals surface area contributed by atoms with Crippen molar-refractivity contribution in [3.05, 3.63) is 52.5 Å². The minimum atomic E-state index is -0.0772. The highest BCUT2D eigenvalue weighted by atomic mass is 32.1. The molecule has 0 bridgehead atoms. The summed E-state index contributed by atoms with van der Waals surface area (Å²) in [6.45, 7) is 4.91. The zero-order chi connectivity index (χ0) is 15.1. The maximum Gasteiger partial charge on any atom is 0.227 e. The van der Waals surface area contributed by atoms with Crippen LogP contribution in [0.15, 0.2) is 41.2 Å². The minimum Gasteiger partial charge on any atom is -0.355 e. The van der Waals surface area contributed by atoms with Crippen molar-refractivity contribution in [1.29, 1.82) is 0 Å². The molecular formula is C17H22N2OS. The summed E-state index contributed by atoms with van der Waals surface area (Å²) in [5.74, 6) is 0.365. The predicted octanol–water partition coefficient (Wildman–Crippen LogP) is 3.63. The summed E-state index contributed by atoms with van der Waals surface area (Å²) in [6.07, 6.45) is 1.77. The topological polar surface area (TPSA) is 42.0 Å². The van der Waals surface area contributed by atoms with E-state index in [1.807, 2.05) is 41.2 Å². The molecule has 0 radical (unpaired) electrons. The van der Waals surface area contributed by atoms with Gasteiger partial charge in [-0.25, -0.2) is 4.98 Å². The summed E-state index contributed by atoms with van der Waals surface area (Å²) in [5.41, 5.74) is 3.96. The van der Waals surface area contributed by atoms with Crippen molar-refractivity contribution in [2.24, 2.45) is 5.92 Å². The normalized spacial score (nSPS) is 13.6. The van der Waals surface area contributed by atoms with Crippen molar-refractivity contribution < 1.29 is 4.79 Å². The van der Waals surface area contributed by atoms with E-state index in [1.54, 1.807) is 11.3 Å². The fourth-order valence-electron chi connectivity index (χ4n) is 2.42. The third kappa shape index (κ3) is 4.39. The lowest BCUT2D eigenvalue weighted by Crippen LogP contribution is -2.34. The third-order valence-corrected chi connectivity index (χ3v) is 4.45. The molecule has 0 aliphatic heterocycles. The lowest BCUT2D eigenvalue weighted by Gasteiger charge is -2.22. The molecule has 2 atom stereocenters. The highest BCUT2D eigenvalue weighted by Crippen LogP contribution is 2.27. The third-order valence-electron chi connectivity index (χ3n) is 3.82. The summed E-state index contributed by atoms with van der Waals surface area (Å²) in [4.78, 5) is 16.8. The van der Waals surface area contributed by atoms with E-state index < -0.39 is 0 Å². The maximum atomic E-state index is 12.5. The van der Waals surface area contributed by atoms with Crippen molar-refractivity contribution in [1.82, 2.24) is 10.3 Å². The molecule has 0 saturated heterocycles. The van der Waals surface area contributed by atoms with Gasteiger partial charge in [-0.15, -0.1) is 11.3 Å². The van der Waals surface area contributed by atoms with E-state index in [-0.39, 0.29) is 11.8 Å². The van der Waals surface area contributed by atoms with Gasteiger partial charge in [-0.05, 0) is 11.5 Å². The van der Waals surface area contributed by atoms with Gasteiger partial charge in [-0.3, -0.25) is 4.79 Å². The van der Waals surface area contributed by atoms with E-state index in [9.17, 15) is 4.79 Å². The van der Waals surface area contributed by atoms with Crippen molar-refractivity contribution in [3.8, 4) is 0 Å². The van der Waals surface area contributed by atoms with Crippen LogP contribution < -0.4 is 5.32 Å². The molecule has 0 aliphatic carbocycles. The van der Waals surface area contributed by atoms with Crippen LogP contribution in [0.2, 0.25) is 0 Å². The van der Waals surface area contributed by atoms with E-state index >= 15 is 0 Å². The van der Waals surface area contributed by atoms with Gasteiger partial charge >= 0.3 is 0 Å². The molecule has 1 N–H and O–H groups in total. The first kappa shape index (κ1) is 15.7. The molecule has 112 valence electrons. The average molecular weight is 302 g/mol. The first-order valence-electron chi connectivity index (χ1n) is 7.42. The van der Waals surface area contributed by atoms with E-state index in [4.69, 9.17) is 0 Å². The molecule has 1 aromatic heterocycles. The van der Waals surface area contributed by atoms with E-state index in [1.165, 1.54) is 0 Å². The zero-order valence-corrected chi connectivity index (χ0v) is 13.4. The van der Waals surface area contributed by atoms with Crippen LogP contribution in [0.4, 0.5) is 0 Å². The van der Waals surface area contributed by atoms with Gasteiger partial charge in [-0.1, -0.05) is 50.6 Å². The number of aromatic nitrogens is 1. The molecule has 1 amide bonds. The number of hydrogen-bond acceptors (Lipinski definition) is 3. The van der Waals surface area contributed by atoms with Gasteiger partial charge in [0, 0.05) is 18.3 Å². The Morgan fingerprint density at radius 1 is 1.33 bits per heavy atom. The Morgan fingerprint density at radius 2 is 2.10 bits per heavy atom. The van der Waals surface area contributed by atoms with Gasteiger partial charge in [0.15, 0.2) is 0 Å². The summed E-state index contributed by atoms with van der Waals surface area (Å²) < 4.78 is 0. The number of thiazole rings is 1. The molecule has 2 aromatic rings. The molecular weight excluding hydrogens is 280 g/mol. The quantitative estimate of drug-likeness (QED) is 0.848. The Labute approximate surface area is 130 Å². The van der Waals surface area contributed by atoms with Crippen molar-refractivity contribution >= 4 is 17.2 Å². The molecule has 2 rings (SSSR count). The first-order valence-corrected chi connectivity index (χ1v) is 8.36. The summed E-state index contributed by atoms with van der Waals surface area (Å²) in [7, 11) is 0. The van der Waals surface area contributed by atoms with Crippen molar-refractivity contribution in [2.45, 2.75) is 32.6 Å². The standard InChI is InChI=1S/C17H22N2OS/c1-3-13(2)16(14-7-5-4-6-8-14)17(20)18-10-9-15-11-21-12-19-15/h4-8,11-13,16H,3,9-10H2,1-2H3,(H,18,20)/t13-,16-/m1/s1. The molecule has 0 fully saturated rings. The average Bonchev–Trinajstić information content (AvgIpc) is 3.01. The lowest BCUT2D eigenvalue weighted by molar-refractivity contribution is -0.123. The first-order chi connectivity index (χ1) is 10.2. The van der Waals surface area contributed by atoms with Crippen LogP contribution in [0, 0.1) is 5.92 Å². The van der Waals surface area contributed by atoms with Crippen LogP contribution >= 0.6 is 11.3 Å². The SMILES string of the molecule is CC[C@@H](C)[C@@H](C(=O)NCCc1cscn1)c1ccccc1. The number of hydrogen-bond donors (Lipinski definition) is 1. The van der Waals surface area contributed by atoms with Crippen molar-refractivity contribution in [2.75, 3.05) is 6.54 Å². The number of amides is 1. The molecule has 0 unspecified atom stereocenters. The highest BCUT2D eigenvalue weighted by Gasteiger charge is 2.25. The second kappa shape index (κ2) is 7.93. The van der Waals surface area contributed by atoms with E-state index in [0.29, 0.717) is 12.5 Å². The molecule has 0 saturated carbocycles. The van der Waals surface area contributed by atoms with Crippen LogP contribution in [0.25, 0.3) is 0 Å². The molecule has 1 aromatic carbocycles. The second-order valence-electron chi connectivity index (χ2n) is 5.29. The Hall–Kier alpha value is -1.68. The second-order valence-corrected chi connectivity index (χ2v) is 6.01. The number of benzene rings is 1. The fourth-order valence-corrected chi connectivity index (χ4v) is 3.01. The van der Waals surface area contributed by atoms with Crippen LogP contribution in [-0.2, 0) is 11.2 Å². The molecule has 21 heavy (non-hydrogen) atoms. The Balaban J connectivity index is 1.98. The maximum absolute atomic E-state index is 12.5. The van der Waals surface area contributed by atoms with Gasteiger partial charge in [0.05, 0.1) is 17.1 Å². The monoisotopic (exact) mass is 302 g/mol. The fraction of sp³-hybridized carbons (Fsp3) is 0.412. The Bertz CT molecular complexity index is 539. The Morgan fingerprint density at radius 3 is 2.71 bits per heavy atom. The van der Waals surface area contributed by atoms with Crippen LogP contribution in [0.5, 0.6) is 0 Å². The van der Waals surface area contributed by atoms with Crippen molar-refractivity contribution in [3.63, 3.8) is 0 Å². The predicted molar refractivity (Wildman–Crippen MR) is 87.5 cm³/mol. The van der Waals surface area contributed by atoms with Crippen LogP contribution in [0.1, 0.15) is 37.4 Å². The number of carbonyl (C=O) groups excluding carboxylic acids is 1. The molecule has 0 aliphatic rings. The van der Waals surface area contributed by atoms with Gasteiger partial charge in [0.1, 0.15) is 0 Å². The smallest absolute Gasteiger partial charge is 0.227 e. The Kier molecular flexibility index (Phi) is 5.93. The summed E-state index contributed by atoms with van der Waals surface area (Å²) in [6, 6.07) is 10.0. The number of nitrogens with one attached hydrogen (secondary N) is 1. The van der Waals surface area contributed by atoms with Crippen LogP contribution in [0.3, 0.4) is 0 Å². The number of nitrogens with zero attached hydrogens (tertiary/aromatic N) is 1. The van der Waals surface area contributed by atoms with Gasteiger partial charge in [0.2, 0.25) is 5.91 Å². The van der Waals surface area contributed by atoms with Crippen LogP contribution in [-0.4, -0.2) is 17.4 Å². The largest absolute Gasteiger partial charge is 0.355 e. The van der Waals surface area contributed by atoms with Gasteiger partial charge in [-0.2, -0.15) is 0 Å². The zero-order valence-electron chi connectivity index (χ0n) is 12.6. The number of rotatable bonds is 7. The number of carbonyl (C=O) groups is 1. The molecule has 3 nitrogen and oxygen atoms in total. The van der Waals surface area contributed by atoms with E-state index in [0.717, 1.165) is 24.1 Å². The molecule has 4 heteroatoms. The van der Waals surface area contributed by atoms with Gasteiger partial charge < -0.3 is 5.32 Å². The molecule has 0 spiro atoms.